The van der Waals surface area contributed by atoms with E-state index >= 15 is 0 Å². The van der Waals surface area contributed by atoms with Crippen molar-refractivity contribution in [1.82, 2.24) is 0 Å². The highest BCUT2D eigenvalue weighted by molar-refractivity contribution is 6.08. The van der Waals surface area contributed by atoms with Gasteiger partial charge < -0.3 is 0 Å². The Morgan fingerprint density at radius 1 is 0.245 bits per heavy atom. The Labute approximate surface area is 285 Å². The first-order valence-electron chi connectivity index (χ1n) is 16.8. The Hall–Kier alpha value is -6.52. The van der Waals surface area contributed by atoms with Gasteiger partial charge in [0.25, 0.3) is 5.91 Å². The molecule has 8 aromatic carbocycles. The summed E-state index contributed by atoms with van der Waals surface area (Å²) in [7, 11) is 0. The molecular formula is C45H32N4. The molecule has 1 spiro atoms. The molecule has 4 heteroatoms. The molecule has 0 amide bonds. The van der Waals surface area contributed by atoms with E-state index in [2.05, 4.69) is 214 Å². The number of anilines is 8. The Bertz CT molecular complexity index is 2110. The lowest BCUT2D eigenvalue weighted by Gasteiger charge is -2.53. The molecule has 10 rings (SSSR count). The average molecular weight is 629 g/mol. The lowest BCUT2D eigenvalue weighted by molar-refractivity contribution is 0.480. The van der Waals surface area contributed by atoms with Gasteiger partial charge >= 0.3 is 0 Å². The minimum absolute atomic E-state index is 0.967. The second-order valence-electron chi connectivity index (χ2n) is 12.7. The molecule has 0 aliphatic carbocycles. The van der Waals surface area contributed by atoms with Crippen molar-refractivity contribution in [2.45, 2.75) is 5.91 Å². The number of rotatable bonds is 4. The van der Waals surface area contributed by atoms with Crippen molar-refractivity contribution >= 4 is 67.0 Å². The van der Waals surface area contributed by atoms with Gasteiger partial charge in [-0.05, 0) is 94.3 Å². The van der Waals surface area contributed by atoms with Gasteiger partial charge in [-0.15, -0.1) is 0 Å². The van der Waals surface area contributed by atoms with Crippen LogP contribution in [0.4, 0.5) is 45.5 Å². The number of hydrogen-bond donors (Lipinski definition) is 0. The monoisotopic (exact) mass is 628 g/mol. The normalized spacial score (nSPS) is 14.5. The molecule has 0 unspecified atom stereocenters. The Morgan fingerprint density at radius 2 is 0.449 bits per heavy atom. The molecule has 8 aromatic rings. The van der Waals surface area contributed by atoms with Crippen LogP contribution in [0.2, 0.25) is 0 Å². The zero-order valence-corrected chi connectivity index (χ0v) is 26.8. The fourth-order valence-corrected chi connectivity index (χ4v) is 7.95. The second-order valence-corrected chi connectivity index (χ2v) is 12.7. The van der Waals surface area contributed by atoms with Crippen molar-refractivity contribution in [3.63, 3.8) is 0 Å². The molecule has 0 fully saturated rings. The van der Waals surface area contributed by atoms with Gasteiger partial charge in [0.2, 0.25) is 0 Å². The molecule has 0 aromatic heterocycles. The van der Waals surface area contributed by atoms with Gasteiger partial charge in [-0.2, -0.15) is 0 Å². The van der Waals surface area contributed by atoms with Crippen LogP contribution in [0.1, 0.15) is 0 Å². The van der Waals surface area contributed by atoms with Gasteiger partial charge in [0.1, 0.15) is 0 Å². The predicted molar refractivity (Wildman–Crippen MR) is 205 cm³/mol. The largest absolute Gasteiger partial charge is 0.295 e. The number of benzene rings is 8. The number of para-hydroxylation sites is 4. The fourth-order valence-electron chi connectivity index (χ4n) is 7.95. The first-order valence-corrected chi connectivity index (χ1v) is 16.8. The lowest BCUT2D eigenvalue weighted by Crippen LogP contribution is -2.70. The minimum atomic E-state index is -0.967. The van der Waals surface area contributed by atoms with Crippen LogP contribution in [-0.2, 0) is 0 Å². The molecule has 0 atom stereocenters. The van der Waals surface area contributed by atoms with Crippen molar-refractivity contribution in [3.8, 4) is 0 Å². The molecule has 2 aliphatic heterocycles. The first-order chi connectivity index (χ1) is 24.3. The molecular weight excluding hydrogens is 597 g/mol. The Morgan fingerprint density at radius 3 is 0.673 bits per heavy atom. The highest BCUT2D eigenvalue weighted by atomic mass is 15.8. The molecule has 0 saturated heterocycles. The third-order valence-corrected chi connectivity index (χ3v) is 9.91. The van der Waals surface area contributed by atoms with Crippen LogP contribution in [0.15, 0.2) is 194 Å². The van der Waals surface area contributed by atoms with Crippen molar-refractivity contribution in [3.05, 3.63) is 194 Å². The third-order valence-electron chi connectivity index (χ3n) is 9.91. The van der Waals surface area contributed by atoms with E-state index in [0.29, 0.717) is 0 Å². The topological polar surface area (TPSA) is 13.0 Å². The van der Waals surface area contributed by atoms with Crippen LogP contribution in [0.5, 0.6) is 0 Å². The standard InChI is InChI=1S/C45H32N4/c1-5-21-37(22-6-1)46-41-29-33-17-13-14-18-34(33)30-42(41)47(38-23-7-2-8-24-38)45(46)48(39-25-9-3-10-26-39)43-31-35-19-15-16-20-36(35)32-44(43)49(45)40-27-11-4-12-28-40/h1-32H. The van der Waals surface area contributed by atoms with E-state index in [4.69, 9.17) is 0 Å². The van der Waals surface area contributed by atoms with Gasteiger partial charge in [0.05, 0.1) is 22.7 Å². The van der Waals surface area contributed by atoms with E-state index in [1.807, 2.05) is 0 Å². The summed E-state index contributed by atoms with van der Waals surface area (Å²) in [4.78, 5) is 10.2. The average Bonchev–Trinajstić information content (AvgIpc) is 3.61. The minimum Gasteiger partial charge on any atom is -0.280 e. The fraction of sp³-hybridized carbons (Fsp3) is 0.0222. The van der Waals surface area contributed by atoms with Crippen molar-refractivity contribution < 1.29 is 0 Å². The summed E-state index contributed by atoms with van der Waals surface area (Å²) >= 11 is 0. The van der Waals surface area contributed by atoms with Crippen LogP contribution in [0.25, 0.3) is 21.5 Å². The smallest absolute Gasteiger partial charge is 0.280 e. The van der Waals surface area contributed by atoms with Crippen LogP contribution >= 0.6 is 0 Å². The number of nitrogens with zero attached hydrogens (tertiary/aromatic N) is 4. The summed E-state index contributed by atoms with van der Waals surface area (Å²) in [6, 6.07) is 70.3. The molecule has 2 heterocycles. The van der Waals surface area contributed by atoms with Crippen molar-refractivity contribution in [1.29, 1.82) is 0 Å². The molecule has 4 nitrogen and oxygen atoms in total. The Balaban J connectivity index is 1.43. The van der Waals surface area contributed by atoms with Gasteiger partial charge in [0, 0.05) is 22.7 Å². The van der Waals surface area contributed by atoms with Crippen LogP contribution < -0.4 is 19.6 Å². The summed E-state index contributed by atoms with van der Waals surface area (Å²) < 4.78 is 0. The predicted octanol–water partition coefficient (Wildman–Crippen LogP) is 11.9. The van der Waals surface area contributed by atoms with E-state index in [9.17, 15) is 0 Å². The highest BCUT2D eigenvalue weighted by Crippen LogP contribution is 2.65. The molecule has 232 valence electrons. The third kappa shape index (κ3) is 3.98. The van der Waals surface area contributed by atoms with Gasteiger partial charge in [-0.3, -0.25) is 19.6 Å². The van der Waals surface area contributed by atoms with Gasteiger partial charge in [-0.1, -0.05) is 121 Å². The van der Waals surface area contributed by atoms with Crippen LogP contribution in [0.3, 0.4) is 0 Å². The summed E-state index contributed by atoms with van der Waals surface area (Å²) in [6.45, 7) is 0. The van der Waals surface area contributed by atoms with Crippen LogP contribution in [-0.4, -0.2) is 5.91 Å². The maximum atomic E-state index is 2.55. The summed E-state index contributed by atoms with van der Waals surface area (Å²) in [5.74, 6) is -0.967. The quantitative estimate of drug-likeness (QED) is 0.192. The summed E-state index contributed by atoms with van der Waals surface area (Å²) in [5, 5.41) is 4.80. The van der Waals surface area contributed by atoms with Crippen molar-refractivity contribution in [2.24, 2.45) is 0 Å². The maximum Gasteiger partial charge on any atom is 0.295 e. The van der Waals surface area contributed by atoms with E-state index in [1.165, 1.54) is 21.5 Å². The zero-order chi connectivity index (χ0) is 32.4. The molecule has 0 N–H and O–H groups in total. The van der Waals surface area contributed by atoms with E-state index in [1.54, 1.807) is 0 Å². The van der Waals surface area contributed by atoms with Crippen molar-refractivity contribution in [2.75, 3.05) is 19.6 Å². The summed E-state index contributed by atoms with van der Waals surface area (Å²) in [6.07, 6.45) is 0. The van der Waals surface area contributed by atoms with E-state index in [-0.39, 0.29) is 0 Å². The molecule has 0 radical (unpaired) electrons. The lowest BCUT2D eigenvalue weighted by atomic mass is 10.1. The number of fused-ring (bicyclic) bond motifs is 4. The van der Waals surface area contributed by atoms with Crippen LogP contribution in [0, 0.1) is 0 Å². The maximum absolute atomic E-state index is 2.55. The number of hydrogen-bond acceptors (Lipinski definition) is 4. The highest BCUT2D eigenvalue weighted by Gasteiger charge is 2.64. The molecule has 0 bridgehead atoms. The second kappa shape index (κ2) is 10.8. The molecule has 0 saturated carbocycles. The zero-order valence-electron chi connectivity index (χ0n) is 26.8. The van der Waals surface area contributed by atoms with Gasteiger partial charge in [0.15, 0.2) is 0 Å². The molecule has 49 heavy (non-hydrogen) atoms. The SMILES string of the molecule is c1ccc(N2c3cc4ccccc4cc3N(c3ccccc3)C23N(c2ccccc2)c2cc4ccccc4cc2N3c2ccccc2)cc1. The van der Waals surface area contributed by atoms with E-state index < -0.39 is 5.91 Å². The summed E-state index contributed by atoms with van der Waals surface area (Å²) in [5.41, 5.74) is 8.91. The van der Waals surface area contributed by atoms with Gasteiger partial charge in [-0.25, -0.2) is 0 Å². The van der Waals surface area contributed by atoms with E-state index in [0.717, 1.165) is 45.5 Å². The Kier molecular flexibility index (Phi) is 6.06. The molecule has 2 aliphatic rings. The first kappa shape index (κ1) is 27.6.